The molecule has 14 heavy (non-hydrogen) atoms. The van der Waals surface area contributed by atoms with Gasteiger partial charge in [-0.25, -0.2) is 4.98 Å². The molecule has 0 aliphatic heterocycles. The zero-order valence-electron chi connectivity index (χ0n) is 8.20. The Kier molecular flexibility index (Phi) is 4.11. The van der Waals surface area contributed by atoms with Crippen molar-refractivity contribution in [2.24, 2.45) is 0 Å². The summed E-state index contributed by atoms with van der Waals surface area (Å²) in [5, 5.41) is 10.2. The molecule has 1 rings (SSSR count). The molecule has 0 saturated heterocycles. The second kappa shape index (κ2) is 5.13. The Hall–Kier alpha value is -0.860. The molecule has 3 heteroatoms. The molecule has 0 amide bonds. The van der Waals surface area contributed by atoms with Crippen molar-refractivity contribution in [3.8, 4) is 0 Å². The highest BCUT2D eigenvalue weighted by Crippen LogP contribution is 2.21. The minimum atomic E-state index is -0.479. The van der Waals surface area contributed by atoms with Crippen LogP contribution in [0.15, 0.2) is 30.5 Å². The average Bonchev–Trinajstić information content (AvgIpc) is 2.14. The van der Waals surface area contributed by atoms with Crippen LogP contribution in [0.4, 0.5) is 0 Å². The minimum Gasteiger partial charge on any atom is -0.388 e. The molecule has 0 saturated carbocycles. The van der Waals surface area contributed by atoms with Gasteiger partial charge < -0.3 is 5.11 Å². The Bertz CT molecular complexity index is 325. The normalized spacial score (nSPS) is 12.5. The number of aromatic nitrogens is 1. The zero-order chi connectivity index (χ0) is 10.6. The van der Waals surface area contributed by atoms with Gasteiger partial charge in [0.1, 0.15) is 5.15 Å². The van der Waals surface area contributed by atoms with Crippen LogP contribution in [-0.4, -0.2) is 10.1 Å². The molecule has 0 bridgehead atoms. The first kappa shape index (κ1) is 11.2. The summed E-state index contributed by atoms with van der Waals surface area (Å²) in [5.74, 6) is 0. The summed E-state index contributed by atoms with van der Waals surface area (Å²) in [7, 11) is 0. The molecular formula is C11H14ClNO. The number of nitrogens with zero attached hydrogens (tertiary/aromatic N) is 1. The lowest BCUT2D eigenvalue weighted by atomic mass is 10.0. The van der Waals surface area contributed by atoms with Gasteiger partial charge in [0.25, 0.3) is 0 Å². The summed E-state index contributed by atoms with van der Waals surface area (Å²) in [5.41, 5.74) is 1.88. The van der Waals surface area contributed by atoms with Gasteiger partial charge in [-0.15, -0.1) is 6.58 Å². The van der Waals surface area contributed by atoms with Gasteiger partial charge in [-0.05, 0) is 37.5 Å². The molecule has 1 N–H and O–H groups in total. The van der Waals surface area contributed by atoms with Crippen molar-refractivity contribution >= 4 is 11.6 Å². The number of aliphatic hydroxyl groups excluding tert-OH is 1. The maximum absolute atomic E-state index is 9.77. The number of rotatable bonds is 4. The maximum Gasteiger partial charge on any atom is 0.129 e. The van der Waals surface area contributed by atoms with Crippen molar-refractivity contribution in [2.75, 3.05) is 0 Å². The summed E-state index contributed by atoms with van der Waals surface area (Å²) < 4.78 is 0. The van der Waals surface area contributed by atoms with Crippen LogP contribution in [0.5, 0.6) is 0 Å². The predicted octanol–water partition coefficient (Wildman–Crippen LogP) is 3.12. The summed E-state index contributed by atoms with van der Waals surface area (Å²) in [6.07, 6.45) is 2.62. The Balaban J connectivity index is 2.60. The molecule has 0 aliphatic rings. The lowest BCUT2D eigenvalue weighted by molar-refractivity contribution is 0.167. The third-order valence-corrected chi connectivity index (χ3v) is 2.19. The average molecular weight is 212 g/mol. The number of hydrogen-bond acceptors (Lipinski definition) is 2. The Morgan fingerprint density at radius 2 is 2.43 bits per heavy atom. The van der Waals surface area contributed by atoms with E-state index in [2.05, 4.69) is 11.6 Å². The lowest BCUT2D eigenvalue weighted by Crippen LogP contribution is -1.97. The molecule has 1 atom stereocenters. The van der Waals surface area contributed by atoms with E-state index in [0.29, 0.717) is 11.6 Å². The molecule has 1 aromatic rings. The standard InChI is InChI=1S/C11H14ClNO/c1-8(2)3-4-10(14)9-5-6-13-11(12)7-9/h5-7,10,14H,1,3-4H2,2H3. The molecule has 0 aromatic carbocycles. The van der Waals surface area contributed by atoms with E-state index in [0.717, 1.165) is 17.6 Å². The Morgan fingerprint density at radius 3 is 3.00 bits per heavy atom. The molecule has 0 aliphatic carbocycles. The zero-order valence-corrected chi connectivity index (χ0v) is 8.96. The van der Waals surface area contributed by atoms with Crippen LogP contribution in [0.3, 0.4) is 0 Å². The van der Waals surface area contributed by atoms with Gasteiger partial charge >= 0.3 is 0 Å². The van der Waals surface area contributed by atoms with Crippen LogP contribution < -0.4 is 0 Å². The van der Waals surface area contributed by atoms with Gasteiger partial charge in [0.15, 0.2) is 0 Å². The van der Waals surface area contributed by atoms with E-state index < -0.39 is 6.10 Å². The van der Waals surface area contributed by atoms with E-state index in [9.17, 15) is 5.11 Å². The number of allylic oxidation sites excluding steroid dienone is 1. The monoisotopic (exact) mass is 211 g/mol. The highest BCUT2D eigenvalue weighted by Gasteiger charge is 2.07. The SMILES string of the molecule is C=C(C)CCC(O)c1ccnc(Cl)c1. The van der Waals surface area contributed by atoms with Crippen molar-refractivity contribution in [1.29, 1.82) is 0 Å². The number of aliphatic hydroxyl groups is 1. The molecule has 1 unspecified atom stereocenters. The fourth-order valence-electron chi connectivity index (χ4n) is 1.17. The Labute approximate surface area is 89.2 Å². The topological polar surface area (TPSA) is 33.1 Å². The summed E-state index contributed by atoms with van der Waals surface area (Å²) >= 11 is 5.71. The van der Waals surface area contributed by atoms with Crippen LogP contribution in [0.2, 0.25) is 5.15 Å². The highest BCUT2D eigenvalue weighted by molar-refractivity contribution is 6.29. The van der Waals surface area contributed by atoms with E-state index in [1.54, 1.807) is 18.3 Å². The molecule has 76 valence electrons. The molecule has 1 aromatic heterocycles. The van der Waals surface area contributed by atoms with Crippen LogP contribution in [-0.2, 0) is 0 Å². The number of hydrogen-bond donors (Lipinski definition) is 1. The van der Waals surface area contributed by atoms with Gasteiger partial charge in [0.2, 0.25) is 0 Å². The van der Waals surface area contributed by atoms with Crippen LogP contribution >= 0.6 is 11.6 Å². The van der Waals surface area contributed by atoms with Gasteiger partial charge in [-0.3, -0.25) is 0 Å². The van der Waals surface area contributed by atoms with E-state index in [-0.39, 0.29) is 0 Å². The summed E-state index contributed by atoms with van der Waals surface area (Å²) in [6.45, 7) is 5.74. The third-order valence-electron chi connectivity index (χ3n) is 1.98. The first-order chi connectivity index (χ1) is 6.59. The second-order valence-corrected chi connectivity index (χ2v) is 3.81. The van der Waals surface area contributed by atoms with E-state index >= 15 is 0 Å². The van der Waals surface area contributed by atoms with Crippen LogP contribution in [0, 0.1) is 0 Å². The van der Waals surface area contributed by atoms with Crippen molar-refractivity contribution < 1.29 is 5.11 Å². The van der Waals surface area contributed by atoms with Crippen molar-refractivity contribution in [3.63, 3.8) is 0 Å². The molecule has 0 radical (unpaired) electrons. The number of pyridine rings is 1. The fourth-order valence-corrected chi connectivity index (χ4v) is 1.36. The summed E-state index contributed by atoms with van der Waals surface area (Å²) in [6, 6.07) is 3.46. The van der Waals surface area contributed by atoms with E-state index in [1.165, 1.54) is 0 Å². The first-order valence-corrected chi connectivity index (χ1v) is 4.91. The van der Waals surface area contributed by atoms with Crippen molar-refractivity contribution in [1.82, 2.24) is 4.98 Å². The van der Waals surface area contributed by atoms with Crippen LogP contribution in [0.1, 0.15) is 31.4 Å². The predicted molar refractivity (Wildman–Crippen MR) is 58.3 cm³/mol. The highest BCUT2D eigenvalue weighted by atomic mass is 35.5. The van der Waals surface area contributed by atoms with Crippen molar-refractivity contribution in [3.05, 3.63) is 41.2 Å². The lowest BCUT2D eigenvalue weighted by Gasteiger charge is -2.10. The molecule has 0 spiro atoms. The quantitative estimate of drug-likeness (QED) is 0.613. The minimum absolute atomic E-state index is 0.414. The van der Waals surface area contributed by atoms with Gasteiger partial charge in [0.05, 0.1) is 6.10 Å². The van der Waals surface area contributed by atoms with E-state index in [4.69, 9.17) is 11.6 Å². The summed E-state index contributed by atoms with van der Waals surface area (Å²) in [4.78, 5) is 3.85. The maximum atomic E-state index is 9.77. The smallest absolute Gasteiger partial charge is 0.129 e. The fraction of sp³-hybridized carbons (Fsp3) is 0.364. The Morgan fingerprint density at radius 1 is 1.71 bits per heavy atom. The third kappa shape index (κ3) is 3.48. The second-order valence-electron chi connectivity index (χ2n) is 3.42. The molecule has 0 fully saturated rings. The van der Waals surface area contributed by atoms with Crippen LogP contribution in [0.25, 0.3) is 0 Å². The van der Waals surface area contributed by atoms with Crippen molar-refractivity contribution in [2.45, 2.75) is 25.9 Å². The number of halogens is 1. The molecular weight excluding hydrogens is 198 g/mol. The van der Waals surface area contributed by atoms with Gasteiger partial charge in [0, 0.05) is 6.20 Å². The molecule has 1 heterocycles. The van der Waals surface area contributed by atoms with Gasteiger partial charge in [-0.2, -0.15) is 0 Å². The first-order valence-electron chi connectivity index (χ1n) is 4.53. The molecule has 2 nitrogen and oxygen atoms in total. The van der Waals surface area contributed by atoms with E-state index in [1.807, 2.05) is 6.92 Å². The largest absolute Gasteiger partial charge is 0.388 e. The van der Waals surface area contributed by atoms with Gasteiger partial charge in [-0.1, -0.05) is 17.2 Å².